The Balaban J connectivity index is 2.26. The molecule has 1 aromatic carbocycles. The predicted octanol–water partition coefficient (Wildman–Crippen LogP) is 4.94. The summed E-state index contributed by atoms with van der Waals surface area (Å²) in [4.78, 5) is 30.4. The van der Waals surface area contributed by atoms with Crippen LogP contribution in [0.25, 0.3) is 11.0 Å². The number of carbonyl (C=O) groups is 1. The number of halogens is 2. The molecule has 0 amide bonds. The standard InChI is InChI=1S/C24H30F2N4O3/c1-7-27-18-9-8-10-29(22(18)31)13-19-28-20-15(11-14(2)3)16(25)12-17(26)21(20)30(19)23(32)33-24(4,5)6/h8-10,12,14,27H,7,11,13H2,1-6H3. The number of hydrogen-bond donors (Lipinski definition) is 1. The molecule has 0 saturated heterocycles. The highest BCUT2D eigenvalue weighted by molar-refractivity contribution is 5.90. The molecule has 0 aliphatic heterocycles. The number of nitrogens with one attached hydrogen (secondary N) is 1. The highest BCUT2D eigenvalue weighted by Crippen LogP contribution is 2.29. The lowest BCUT2D eigenvalue weighted by atomic mass is 10.0. The summed E-state index contributed by atoms with van der Waals surface area (Å²) in [6, 6.07) is 4.10. The van der Waals surface area contributed by atoms with Crippen molar-refractivity contribution in [2.24, 2.45) is 5.92 Å². The monoisotopic (exact) mass is 460 g/mol. The van der Waals surface area contributed by atoms with Crippen LogP contribution in [0.5, 0.6) is 0 Å². The van der Waals surface area contributed by atoms with Gasteiger partial charge in [-0.05, 0) is 52.2 Å². The van der Waals surface area contributed by atoms with Gasteiger partial charge in [-0.2, -0.15) is 0 Å². The van der Waals surface area contributed by atoms with Gasteiger partial charge < -0.3 is 14.6 Å². The lowest BCUT2D eigenvalue weighted by molar-refractivity contribution is 0.0537. The molecule has 3 rings (SSSR count). The molecule has 0 atom stereocenters. The minimum atomic E-state index is -0.923. The summed E-state index contributed by atoms with van der Waals surface area (Å²) in [6.07, 6.45) is 1.01. The van der Waals surface area contributed by atoms with E-state index in [-0.39, 0.29) is 40.4 Å². The van der Waals surface area contributed by atoms with Crippen LogP contribution in [0, 0.1) is 17.6 Å². The van der Waals surface area contributed by atoms with E-state index >= 15 is 4.39 Å². The number of rotatable bonds is 6. The summed E-state index contributed by atoms with van der Waals surface area (Å²) in [5.41, 5.74) is -0.679. The number of benzene rings is 1. The highest BCUT2D eigenvalue weighted by Gasteiger charge is 2.28. The predicted molar refractivity (Wildman–Crippen MR) is 124 cm³/mol. The zero-order valence-corrected chi connectivity index (χ0v) is 19.8. The molecule has 0 saturated carbocycles. The lowest BCUT2D eigenvalue weighted by Crippen LogP contribution is -2.30. The fourth-order valence-corrected chi connectivity index (χ4v) is 3.63. The summed E-state index contributed by atoms with van der Waals surface area (Å²) in [5.74, 6) is -1.50. The first-order valence-corrected chi connectivity index (χ1v) is 11.0. The first-order chi connectivity index (χ1) is 15.4. The van der Waals surface area contributed by atoms with E-state index in [2.05, 4.69) is 10.3 Å². The van der Waals surface area contributed by atoms with E-state index in [1.807, 2.05) is 20.8 Å². The zero-order chi connectivity index (χ0) is 24.5. The molecule has 1 N–H and O–H groups in total. The lowest BCUT2D eigenvalue weighted by Gasteiger charge is -2.20. The fourth-order valence-electron chi connectivity index (χ4n) is 3.63. The number of pyridine rings is 1. The maximum absolute atomic E-state index is 15.0. The smallest absolute Gasteiger partial charge is 0.420 e. The van der Waals surface area contributed by atoms with Gasteiger partial charge in [0.2, 0.25) is 0 Å². The van der Waals surface area contributed by atoms with Gasteiger partial charge in [0.1, 0.15) is 28.4 Å². The molecule has 9 heteroatoms. The molecule has 0 aliphatic carbocycles. The maximum atomic E-state index is 15.0. The first-order valence-electron chi connectivity index (χ1n) is 11.0. The summed E-state index contributed by atoms with van der Waals surface area (Å²) >= 11 is 0. The van der Waals surface area contributed by atoms with Crippen molar-refractivity contribution in [3.05, 3.63) is 57.8 Å². The van der Waals surface area contributed by atoms with Crippen molar-refractivity contribution in [3.63, 3.8) is 0 Å². The maximum Gasteiger partial charge on any atom is 0.420 e. The van der Waals surface area contributed by atoms with Crippen LogP contribution in [0.1, 0.15) is 52.9 Å². The highest BCUT2D eigenvalue weighted by atomic mass is 19.1. The van der Waals surface area contributed by atoms with E-state index in [1.165, 1.54) is 4.57 Å². The molecular formula is C24H30F2N4O3. The van der Waals surface area contributed by atoms with Crippen LogP contribution in [0.15, 0.2) is 29.2 Å². The Morgan fingerprint density at radius 3 is 2.55 bits per heavy atom. The fraction of sp³-hybridized carbons (Fsp3) is 0.458. The summed E-state index contributed by atoms with van der Waals surface area (Å²) < 4.78 is 37.6. The molecule has 0 fully saturated rings. The van der Waals surface area contributed by atoms with Crippen LogP contribution in [-0.2, 0) is 17.7 Å². The van der Waals surface area contributed by atoms with Crippen LogP contribution < -0.4 is 10.9 Å². The second kappa shape index (κ2) is 9.33. The number of ether oxygens (including phenoxy) is 1. The van der Waals surface area contributed by atoms with Gasteiger partial charge in [0.25, 0.3) is 5.56 Å². The molecule has 7 nitrogen and oxygen atoms in total. The van der Waals surface area contributed by atoms with Crippen molar-refractivity contribution in [1.82, 2.24) is 14.1 Å². The van der Waals surface area contributed by atoms with Crippen LogP contribution in [0.2, 0.25) is 0 Å². The Morgan fingerprint density at radius 2 is 1.94 bits per heavy atom. The summed E-state index contributed by atoms with van der Waals surface area (Å²) in [7, 11) is 0. The van der Waals surface area contributed by atoms with Gasteiger partial charge in [-0.3, -0.25) is 4.79 Å². The number of nitrogens with zero attached hydrogens (tertiary/aromatic N) is 3. The number of anilines is 1. The third kappa shape index (κ3) is 5.23. The minimum Gasteiger partial charge on any atom is -0.443 e. The molecular weight excluding hydrogens is 430 g/mol. The normalized spacial score (nSPS) is 11.9. The van der Waals surface area contributed by atoms with Gasteiger partial charge in [0, 0.05) is 24.4 Å². The van der Waals surface area contributed by atoms with Crippen LogP contribution >= 0.6 is 0 Å². The Bertz CT molecular complexity index is 1240. The molecule has 178 valence electrons. The summed E-state index contributed by atoms with van der Waals surface area (Å²) in [5, 5.41) is 2.98. The molecule has 3 aromatic rings. The molecule has 33 heavy (non-hydrogen) atoms. The zero-order valence-electron chi connectivity index (χ0n) is 19.8. The van der Waals surface area contributed by atoms with Gasteiger partial charge in [-0.1, -0.05) is 13.8 Å². The van der Waals surface area contributed by atoms with E-state index in [0.29, 0.717) is 18.7 Å². The largest absolute Gasteiger partial charge is 0.443 e. The molecule has 0 radical (unpaired) electrons. The van der Waals surface area contributed by atoms with Crippen LogP contribution in [0.3, 0.4) is 0 Å². The minimum absolute atomic E-state index is 0.0537. The Morgan fingerprint density at radius 1 is 1.24 bits per heavy atom. The van der Waals surface area contributed by atoms with Crippen LogP contribution in [0.4, 0.5) is 19.3 Å². The quantitative estimate of drug-likeness (QED) is 0.564. The third-order valence-electron chi connectivity index (χ3n) is 4.89. The van der Waals surface area contributed by atoms with Gasteiger partial charge in [0.05, 0.1) is 12.1 Å². The summed E-state index contributed by atoms with van der Waals surface area (Å²) in [6.45, 7) is 11.2. The van der Waals surface area contributed by atoms with E-state index in [1.54, 1.807) is 39.1 Å². The van der Waals surface area contributed by atoms with Gasteiger partial charge in [-0.25, -0.2) is 23.1 Å². The average molecular weight is 461 g/mol. The molecule has 0 aliphatic rings. The number of aromatic nitrogens is 3. The van der Waals surface area contributed by atoms with E-state index in [9.17, 15) is 14.0 Å². The van der Waals surface area contributed by atoms with Crippen molar-refractivity contribution in [2.45, 2.75) is 60.1 Å². The van der Waals surface area contributed by atoms with Gasteiger partial charge >= 0.3 is 6.09 Å². The van der Waals surface area contributed by atoms with E-state index in [0.717, 1.165) is 10.6 Å². The number of carbonyl (C=O) groups excluding carboxylic acids is 1. The molecule has 0 spiro atoms. The van der Waals surface area contributed by atoms with Crippen molar-refractivity contribution < 1.29 is 18.3 Å². The first kappa shape index (κ1) is 24.4. The Kier molecular flexibility index (Phi) is 6.90. The van der Waals surface area contributed by atoms with Gasteiger partial charge in [0.15, 0.2) is 5.82 Å². The van der Waals surface area contributed by atoms with Gasteiger partial charge in [-0.15, -0.1) is 0 Å². The second-order valence-corrected chi connectivity index (χ2v) is 9.34. The average Bonchev–Trinajstić information content (AvgIpc) is 3.06. The number of imidazole rings is 1. The molecule has 0 bridgehead atoms. The van der Waals surface area contributed by atoms with Crippen molar-refractivity contribution >= 4 is 22.8 Å². The number of fused-ring (bicyclic) bond motifs is 1. The van der Waals surface area contributed by atoms with Crippen molar-refractivity contribution in [1.29, 1.82) is 0 Å². The molecule has 2 heterocycles. The SMILES string of the molecule is CCNc1cccn(Cc2nc3c(CC(C)C)c(F)cc(F)c3n2C(=O)OC(C)(C)C)c1=O. The topological polar surface area (TPSA) is 78.2 Å². The Hall–Kier alpha value is -3.23. The van der Waals surface area contributed by atoms with Crippen molar-refractivity contribution in [2.75, 3.05) is 11.9 Å². The van der Waals surface area contributed by atoms with Crippen LogP contribution in [-0.4, -0.2) is 32.4 Å². The molecule has 2 aromatic heterocycles. The van der Waals surface area contributed by atoms with E-state index in [4.69, 9.17) is 4.74 Å². The third-order valence-corrected chi connectivity index (χ3v) is 4.89. The van der Waals surface area contributed by atoms with E-state index < -0.39 is 23.3 Å². The Labute approximate surface area is 191 Å². The van der Waals surface area contributed by atoms with Crippen molar-refractivity contribution in [3.8, 4) is 0 Å². The second-order valence-electron chi connectivity index (χ2n) is 9.34. The number of hydrogen-bond acceptors (Lipinski definition) is 5. The molecule has 0 unspecified atom stereocenters.